The summed E-state index contributed by atoms with van der Waals surface area (Å²) in [4.78, 5) is 14.2. The van der Waals surface area contributed by atoms with Crippen molar-refractivity contribution in [1.82, 2.24) is 5.32 Å². The number of benzene rings is 1. The second kappa shape index (κ2) is 9.45. The molecular weight excluding hydrogens is 312 g/mol. The molecule has 0 radical (unpaired) electrons. The molecule has 22 heavy (non-hydrogen) atoms. The van der Waals surface area contributed by atoms with Gasteiger partial charge in [0.1, 0.15) is 18.5 Å². The zero-order valence-electron chi connectivity index (χ0n) is 12.6. The average molecular weight is 333 g/mol. The van der Waals surface area contributed by atoms with Crippen LogP contribution in [0.25, 0.3) is 0 Å². The third-order valence-corrected chi connectivity index (χ3v) is 3.27. The van der Waals surface area contributed by atoms with Gasteiger partial charge in [0.2, 0.25) is 0 Å². The first kappa shape index (κ1) is 18.5. The smallest absolute Gasteiger partial charge is 0.294 e. The zero-order chi connectivity index (χ0) is 16.5. The van der Waals surface area contributed by atoms with Gasteiger partial charge in [-0.15, -0.1) is 10.1 Å². The van der Waals surface area contributed by atoms with E-state index in [0.29, 0.717) is 23.7 Å². The maximum atomic E-state index is 10.0. The first-order valence-electron chi connectivity index (χ1n) is 6.96. The predicted octanol–water partition coefficient (Wildman–Crippen LogP) is 1.96. The number of ether oxygens (including phenoxy) is 1. The van der Waals surface area contributed by atoms with E-state index in [4.69, 9.17) is 16.3 Å². The molecule has 1 rings (SSSR count). The van der Waals surface area contributed by atoms with Crippen molar-refractivity contribution in [2.45, 2.75) is 32.4 Å². The largest absolute Gasteiger partial charge is 0.491 e. The molecule has 0 bridgehead atoms. The fourth-order valence-corrected chi connectivity index (χ4v) is 1.88. The van der Waals surface area contributed by atoms with E-state index in [1.165, 1.54) is 0 Å². The molecule has 1 aromatic carbocycles. The van der Waals surface area contributed by atoms with Crippen molar-refractivity contribution in [2.75, 3.05) is 19.8 Å². The predicted molar refractivity (Wildman–Crippen MR) is 82.7 cm³/mol. The molecule has 124 valence electrons. The molecule has 0 heterocycles. The van der Waals surface area contributed by atoms with E-state index in [0.717, 1.165) is 5.56 Å². The summed E-state index contributed by atoms with van der Waals surface area (Å²) in [6.45, 7) is 4.23. The first-order chi connectivity index (χ1) is 10.4. The highest BCUT2D eigenvalue weighted by Gasteiger charge is 2.10. The molecule has 0 fully saturated rings. The number of aliphatic hydroxyl groups excluding tert-OH is 1. The van der Waals surface area contributed by atoms with Crippen LogP contribution in [0.1, 0.15) is 18.9 Å². The van der Waals surface area contributed by atoms with Gasteiger partial charge < -0.3 is 20.0 Å². The second-order valence-corrected chi connectivity index (χ2v) is 5.47. The average Bonchev–Trinajstić information content (AvgIpc) is 2.45. The second-order valence-electron chi connectivity index (χ2n) is 5.03. The van der Waals surface area contributed by atoms with Crippen LogP contribution in [-0.2, 0) is 4.84 Å². The third kappa shape index (κ3) is 7.44. The molecule has 0 spiro atoms. The molecule has 7 nitrogen and oxygen atoms in total. The minimum atomic E-state index is -0.817. The summed E-state index contributed by atoms with van der Waals surface area (Å²) >= 11 is 5.89. The topological polar surface area (TPSA) is 93.9 Å². The Morgan fingerprint density at radius 2 is 2.23 bits per heavy atom. The molecule has 0 amide bonds. The zero-order valence-corrected chi connectivity index (χ0v) is 13.4. The monoisotopic (exact) mass is 332 g/mol. The Balaban J connectivity index is 2.24. The summed E-state index contributed by atoms with van der Waals surface area (Å²) in [6.07, 6.45) is -0.223. The molecule has 1 aromatic rings. The highest BCUT2D eigenvalue weighted by atomic mass is 35.5. The van der Waals surface area contributed by atoms with Gasteiger partial charge in [-0.2, -0.15) is 0 Å². The van der Waals surface area contributed by atoms with Gasteiger partial charge in [-0.05, 0) is 38.0 Å². The molecule has 0 aliphatic carbocycles. The normalized spacial score (nSPS) is 13.5. The minimum absolute atomic E-state index is 0.0116. The first-order valence-corrected chi connectivity index (χ1v) is 7.34. The summed E-state index contributed by atoms with van der Waals surface area (Å²) in [5.41, 5.74) is 0.940. The molecule has 8 heteroatoms. The van der Waals surface area contributed by atoms with Gasteiger partial charge >= 0.3 is 0 Å². The summed E-state index contributed by atoms with van der Waals surface area (Å²) in [5.74, 6) is 0.638. The molecule has 0 saturated heterocycles. The highest BCUT2D eigenvalue weighted by molar-refractivity contribution is 6.30. The standard InChI is InChI=1S/C14H21ClN2O5/c1-10-3-4-12(15)7-14(10)21-9-13(18)8-16-11(2)5-6-22-17(19)20/h3-4,7,11,13,16,18H,5-6,8-9H2,1-2H3. The molecule has 2 atom stereocenters. The SMILES string of the molecule is Cc1ccc(Cl)cc1OCC(O)CNC(C)CCO[N+](=O)[O-]. The fraction of sp³-hybridized carbons (Fsp3) is 0.571. The van der Waals surface area contributed by atoms with Crippen molar-refractivity contribution in [3.8, 4) is 5.75 Å². The molecule has 2 unspecified atom stereocenters. The number of nitrogens with zero attached hydrogens (tertiary/aromatic N) is 1. The lowest BCUT2D eigenvalue weighted by Crippen LogP contribution is -2.37. The van der Waals surface area contributed by atoms with Gasteiger partial charge in [0, 0.05) is 17.6 Å². The maximum absolute atomic E-state index is 10.0. The number of halogens is 1. The van der Waals surface area contributed by atoms with E-state index in [1.54, 1.807) is 12.1 Å². The van der Waals surface area contributed by atoms with Gasteiger partial charge in [0.15, 0.2) is 0 Å². The lowest BCUT2D eigenvalue weighted by Gasteiger charge is -2.18. The van der Waals surface area contributed by atoms with Crippen molar-refractivity contribution in [1.29, 1.82) is 0 Å². The number of hydrogen-bond acceptors (Lipinski definition) is 6. The van der Waals surface area contributed by atoms with Crippen molar-refractivity contribution in [3.63, 3.8) is 0 Å². The maximum Gasteiger partial charge on any atom is 0.294 e. The van der Waals surface area contributed by atoms with Crippen molar-refractivity contribution in [3.05, 3.63) is 38.9 Å². The Kier molecular flexibility index (Phi) is 7.94. The molecule has 0 aliphatic rings. The van der Waals surface area contributed by atoms with Crippen LogP contribution in [0.3, 0.4) is 0 Å². The number of nitrogens with one attached hydrogen (secondary N) is 1. The number of hydrogen-bond donors (Lipinski definition) is 2. The Morgan fingerprint density at radius 1 is 1.50 bits per heavy atom. The summed E-state index contributed by atoms with van der Waals surface area (Å²) in [5, 5.41) is 22.7. The lowest BCUT2D eigenvalue weighted by molar-refractivity contribution is -0.757. The molecule has 0 saturated carbocycles. The van der Waals surface area contributed by atoms with E-state index in [-0.39, 0.29) is 19.3 Å². The number of aryl methyl sites for hydroxylation is 1. The Hall–Kier alpha value is -1.57. The van der Waals surface area contributed by atoms with E-state index in [2.05, 4.69) is 10.2 Å². The third-order valence-electron chi connectivity index (χ3n) is 3.03. The van der Waals surface area contributed by atoms with E-state index in [1.807, 2.05) is 19.9 Å². The summed E-state index contributed by atoms with van der Waals surface area (Å²) in [7, 11) is 0. The van der Waals surface area contributed by atoms with Crippen LogP contribution < -0.4 is 10.1 Å². The van der Waals surface area contributed by atoms with Crippen LogP contribution in [0.5, 0.6) is 5.75 Å². The van der Waals surface area contributed by atoms with Crippen molar-refractivity contribution >= 4 is 11.6 Å². The lowest BCUT2D eigenvalue weighted by atomic mass is 10.2. The number of rotatable bonds is 10. The Morgan fingerprint density at radius 3 is 2.91 bits per heavy atom. The van der Waals surface area contributed by atoms with E-state index >= 15 is 0 Å². The van der Waals surface area contributed by atoms with Crippen LogP contribution in [0.2, 0.25) is 5.02 Å². The van der Waals surface area contributed by atoms with Gasteiger partial charge in [-0.25, -0.2) is 0 Å². The minimum Gasteiger partial charge on any atom is -0.491 e. The van der Waals surface area contributed by atoms with Gasteiger partial charge in [0.25, 0.3) is 5.09 Å². The Labute approximate surface area is 134 Å². The van der Waals surface area contributed by atoms with Crippen molar-refractivity contribution < 1.29 is 19.8 Å². The van der Waals surface area contributed by atoms with Crippen molar-refractivity contribution in [2.24, 2.45) is 0 Å². The molecule has 2 N–H and O–H groups in total. The van der Waals surface area contributed by atoms with Crippen LogP contribution in [-0.4, -0.2) is 42.1 Å². The van der Waals surface area contributed by atoms with Gasteiger partial charge in [-0.3, -0.25) is 0 Å². The quantitative estimate of drug-likeness (QED) is 0.502. The Bertz CT molecular complexity index is 486. The van der Waals surface area contributed by atoms with Crippen LogP contribution in [0, 0.1) is 17.0 Å². The molecule has 0 aromatic heterocycles. The molecule has 0 aliphatic heterocycles. The van der Waals surface area contributed by atoms with Crippen LogP contribution in [0.4, 0.5) is 0 Å². The molecular formula is C14H21ClN2O5. The fourth-order valence-electron chi connectivity index (χ4n) is 1.72. The van der Waals surface area contributed by atoms with Gasteiger partial charge in [-0.1, -0.05) is 17.7 Å². The van der Waals surface area contributed by atoms with E-state index in [9.17, 15) is 15.2 Å². The highest BCUT2D eigenvalue weighted by Crippen LogP contribution is 2.22. The van der Waals surface area contributed by atoms with Crippen LogP contribution in [0.15, 0.2) is 18.2 Å². The van der Waals surface area contributed by atoms with Crippen LogP contribution >= 0.6 is 11.6 Å². The van der Waals surface area contributed by atoms with Gasteiger partial charge in [0.05, 0.1) is 6.61 Å². The summed E-state index contributed by atoms with van der Waals surface area (Å²) in [6, 6.07) is 5.31. The number of aliphatic hydroxyl groups is 1. The van der Waals surface area contributed by atoms with E-state index < -0.39 is 11.2 Å². The summed E-state index contributed by atoms with van der Waals surface area (Å²) < 4.78 is 5.54.